The summed E-state index contributed by atoms with van der Waals surface area (Å²) in [5, 5.41) is 9.65. The van der Waals surface area contributed by atoms with Crippen molar-refractivity contribution >= 4 is 0 Å². The van der Waals surface area contributed by atoms with Crippen LogP contribution >= 0.6 is 0 Å². The van der Waals surface area contributed by atoms with Crippen LogP contribution in [0.4, 0.5) is 8.78 Å². The summed E-state index contributed by atoms with van der Waals surface area (Å²) in [5.74, 6) is -4.40. The molecule has 3 N–H and O–H groups in total. The minimum Gasteiger partial charge on any atom is -0.390 e. The number of aliphatic hydroxyl groups is 1. The number of methoxy groups -OCH3 is 2. The highest BCUT2D eigenvalue weighted by Gasteiger charge is 2.58. The molecule has 15 heavy (non-hydrogen) atoms. The van der Waals surface area contributed by atoms with Gasteiger partial charge in [0.1, 0.15) is 12.2 Å². The first-order chi connectivity index (χ1) is 6.87. The molecule has 0 unspecified atom stereocenters. The number of hydrogen-bond donors (Lipinski definition) is 2. The van der Waals surface area contributed by atoms with E-state index < -0.39 is 36.2 Å². The number of alkyl halides is 2. The molecule has 5 atom stereocenters. The molecule has 1 saturated carbocycles. The van der Waals surface area contributed by atoms with Gasteiger partial charge in [0.05, 0.1) is 18.1 Å². The molecule has 0 radical (unpaired) electrons. The normalized spacial score (nSPS) is 45.4. The van der Waals surface area contributed by atoms with Crippen molar-refractivity contribution in [1.29, 1.82) is 0 Å². The summed E-state index contributed by atoms with van der Waals surface area (Å²) >= 11 is 0. The minimum atomic E-state index is -3.16. The van der Waals surface area contributed by atoms with E-state index in [4.69, 9.17) is 15.2 Å². The van der Waals surface area contributed by atoms with E-state index in [-0.39, 0.29) is 0 Å². The number of rotatable bonds is 2. The van der Waals surface area contributed by atoms with Crippen LogP contribution < -0.4 is 5.73 Å². The molecule has 0 aliphatic heterocycles. The van der Waals surface area contributed by atoms with Crippen LogP contribution in [0.2, 0.25) is 0 Å². The number of aliphatic hydroxyl groups excluding tert-OH is 1. The van der Waals surface area contributed by atoms with Crippen LogP contribution in [0.1, 0.15) is 6.92 Å². The molecule has 6 heteroatoms. The summed E-state index contributed by atoms with van der Waals surface area (Å²) in [6, 6.07) is -1.47. The van der Waals surface area contributed by atoms with E-state index in [1.54, 1.807) is 0 Å². The zero-order chi connectivity index (χ0) is 11.8. The van der Waals surface area contributed by atoms with Crippen molar-refractivity contribution in [2.45, 2.75) is 37.2 Å². The fourth-order valence-corrected chi connectivity index (χ4v) is 1.99. The molecule has 4 nitrogen and oxygen atoms in total. The maximum atomic E-state index is 13.6. The lowest BCUT2D eigenvalue weighted by molar-refractivity contribution is -0.229. The molecule has 0 aromatic heterocycles. The Morgan fingerprint density at radius 2 is 1.67 bits per heavy atom. The van der Waals surface area contributed by atoms with Gasteiger partial charge in [-0.25, -0.2) is 8.78 Å². The Hall–Kier alpha value is -0.300. The Labute approximate surface area is 87.3 Å². The molecule has 0 amide bonds. The topological polar surface area (TPSA) is 64.7 Å². The van der Waals surface area contributed by atoms with Gasteiger partial charge in [-0.2, -0.15) is 0 Å². The van der Waals surface area contributed by atoms with Gasteiger partial charge in [0.15, 0.2) is 0 Å². The number of nitrogens with two attached hydrogens (primary N) is 1. The second kappa shape index (κ2) is 4.29. The Bertz CT molecular complexity index is 225. The van der Waals surface area contributed by atoms with Gasteiger partial charge in [0, 0.05) is 14.2 Å². The van der Waals surface area contributed by atoms with Gasteiger partial charge < -0.3 is 20.3 Å². The van der Waals surface area contributed by atoms with Crippen molar-refractivity contribution in [2.75, 3.05) is 14.2 Å². The highest BCUT2D eigenvalue weighted by Crippen LogP contribution is 2.39. The van der Waals surface area contributed by atoms with Gasteiger partial charge in [-0.1, -0.05) is 6.92 Å². The largest absolute Gasteiger partial charge is 0.390 e. The lowest BCUT2D eigenvalue weighted by Gasteiger charge is -2.45. The van der Waals surface area contributed by atoms with Crippen molar-refractivity contribution in [3.05, 3.63) is 0 Å². The quantitative estimate of drug-likeness (QED) is 0.693. The maximum Gasteiger partial charge on any atom is 0.270 e. The first kappa shape index (κ1) is 12.8. The fourth-order valence-electron chi connectivity index (χ4n) is 1.99. The van der Waals surface area contributed by atoms with Crippen LogP contribution in [0.3, 0.4) is 0 Å². The first-order valence-corrected chi connectivity index (χ1v) is 4.75. The third-order valence-corrected chi connectivity index (χ3v) is 3.12. The summed E-state index contributed by atoms with van der Waals surface area (Å²) in [6.07, 6.45) is -3.11. The van der Waals surface area contributed by atoms with E-state index in [2.05, 4.69) is 0 Å². The van der Waals surface area contributed by atoms with Crippen LogP contribution in [0.15, 0.2) is 0 Å². The summed E-state index contributed by atoms with van der Waals surface area (Å²) in [4.78, 5) is 0. The van der Waals surface area contributed by atoms with Gasteiger partial charge >= 0.3 is 0 Å². The molecule has 1 aliphatic carbocycles. The van der Waals surface area contributed by atoms with Crippen molar-refractivity contribution in [3.63, 3.8) is 0 Å². The second-order valence-electron chi connectivity index (χ2n) is 3.88. The average Bonchev–Trinajstić information content (AvgIpc) is 2.21. The van der Waals surface area contributed by atoms with Crippen LogP contribution in [0, 0.1) is 5.92 Å². The van der Waals surface area contributed by atoms with Crippen molar-refractivity contribution < 1.29 is 23.4 Å². The Kier molecular flexibility index (Phi) is 3.65. The van der Waals surface area contributed by atoms with Crippen LogP contribution in [-0.2, 0) is 9.47 Å². The summed E-state index contributed by atoms with van der Waals surface area (Å²) in [5.41, 5.74) is 5.42. The summed E-state index contributed by atoms with van der Waals surface area (Å²) < 4.78 is 37.0. The maximum absolute atomic E-state index is 13.6. The Morgan fingerprint density at radius 1 is 1.20 bits per heavy atom. The van der Waals surface area contributed by atoms with Gasteiger partial charge in [-0.3, -0.25) is 0 Å². The molecule has 1 fully saturated rings. The third-order valence-electron chi connectivity index (χ3n) is 3.12. The van der Waals surface area contributed by atoms with E-state index >= 15 is 0 Å². The smallest absolute Gasteiger partial charge is 0.270 e. The molecule has 0 aromatic carbocycles. The minimum absolute atomic E-state index is 0.820. The molecule has 0 aromatic rings. The van der Waals surface area contributed by atoms with E-state index in [0.717, 1.165) is 0 Å². The summed E-state index contributed by atoms with van der Waals surface area (Å²) in [7, 11) is 2.61. The molecule has 0 spiro atoms. The molecule has 90 valence electrons. The lowest BCUT2D eigenvalue weighted by atomic mass is 9.77. The molecule has 0 saturated heterocycles. The van der Waals surface area contributed by atoms with E-state index in [9.17, 15) is 13.9 Å². The van der Waals surface area contributed by atoms with Gasteiger partial charge in [0.25, 0.3) is 5.92 Å². The van der Waals surface area contributed by atoms with Crippen LogP contribution in [0.25, 0.3) is 0 Å². The van der Waals surface area contributed by atoms with Crippen LogP contribution in [-0.4, -0.2) is 49.6 Å². The molecular formula is C9H17F2NO3. The predicted octanol–water partition coefficient (Wildman–Crippen LogP) is -0.0104. The SMILES string of the molecule is CO[C@@H]1[C@@H](O)[C@H](C)C(F)(F)[C@H](N)[C@H]1OC. The predicted molar refractivity (Wildman–Crippen MR) is 49.7 cm³/mol. The highest BCUT2D eigenvalue weighted by atomic mass is 19.3. The first-order valence-electron chi connectivity index (χ1n) is 4.75. The van der Waals surface area contributed by atoms with Crippen molar-refractivity contribution in [1.82, 2.24) is 0 Å². The zero-order valence-corrected chi connectivity index (χ0v) is 8.98. The van der Waals surface area contributed by atoms with E-state index in [0.29, 0.717) is 0 Å². The van der Waals surface area contributed by atoms with Gasteiger partial charge in [0.2, 0.25) is 0 Å². The third kappa shape index (κ3) is 1.87. The van der Waals surface area contributed by atoms with Crippen molar-refractivity contribution in [2.24, 2.45) is 11.7 Å². The molecule has 1 aliphatic rings. The van der Waals surface area contributed by atoms with Crippen LogP contribution in [0.5, 0.6) is 0 Å². The molecule has 0 bridgehead atoms. The lowest BCUT2D eigenvalue weighted by Crippen LogP contribution is -2.67. The van der Waals surface area contributed by atoms with Crippen molar-refractivity contribution in [3.8, 4) is 0 Å². The number of hydrogen-bond acceptors (Lipinski definition) is 4. The standard InChI is InChI=1S/C9H17F2NO3/c1-4-5(13)6(14-2)7(15-3)8(12)9(4,10)11/h4-8,13H,12H2,1-3H3/t4-,5-,6+,7-,8+/m0/s1. The highest BCUT2D eigenvalue weighted by molar-refractivity contribution is 5.04. The fraction of sp³-hybridized carbons (Fsp3) is 1.00. The van der Waals surface area contributed by atoms with E-state index in [1.165, 1.54) is 21.1 Å². The molecule has 0 heterocycles. The average molecular weight is 225 g/mol. The van der Waals surface area contributed by atoms with E-state index in [1.807, 2.05) is 0 Å². The number of halogens is 2. The number of ether oxygens (including phenoxy) is 2. The summed E-state index contributed by atoms with van der Waals surface area (Å²) in [6.45, 7) is 1.25. The Morgan fingerprint density at radius 3 is 2.07 bits per heavy atom. The molecular weight excluding hydrogens is 208 g/mol. The monoisotopic (exact) mass is 225 g/mol. The zero-order valence-electron chi connectivity index (χ0n) is 8.98. The van der Waals surface area contributed by atoms with Gasteiger partial charge in [-0.15, -0.1) is 0 Å². The Balaban J connectivity index is 2.98. The van der Waals surface area contributed by atoms with Gasteiger partial charge in [-0.05, 0) is 0 Å². The molecule has 1 rings (SSSR count). The second-order valence-corrected chi connectivity index (χ2v) is 3.88.